The summed E-state index contributed by atoms with van der Waals surface area (Å²) in [5.41, 5.74) is 3.73. The fourth-order valence-corrected chi connectivity index (χ4v) is 6.90. The lowest BCUT2D eigenvalue weighted by atomic mass is 9.89. The minimum atomic E-state index is -0.644. The number of aromatic nitrogens is 1. The Labute approximate surface area is 235 Å². The fraction of sp³-hybridized carbons (Fsp3) is 0.333. The molecule has 1 fully saturated rings. The van der Waals surface area contributed by atoms with E-state index in [9.17, 15) is 13.6 Å². The SMILES string of the molecule is CN[C@H]1CC[C@@H](N(Cc2cc(-c3ccnc(C)c3)ccc2OC)C(=O)c2sc3c(F)ccc(F)c3c2Cl)CC1. The van der Waals surface area contributed by atoms with E-state index < -0.39 is 11.6 Å². The lowest BCUT2D eigenvalue weighted by Gasteiger charge is -2.37. The van der Waals surface area contributed by atoms with E-state index in [4.69, 9.17) is 16.3 Å². The molecule has 2 aromatic carbocycles. The standard InChI is InChI=1S/C30H30ClF2N3O2S/c1-17-14-19(12-13-35-17)18-4-11-25(38-3)20(15-18)16-36(22-7-5-21(34-2)6-8-22)30(37)29-27(31)26-23(32)9-10-24(33)28(26)39-29/h4,9-15,21-22,34H,5-8,16H2,1-3H3/t21-,22+. The minimum absolute atomic E-state index is 0.0427. The van der Waals surface area contributed by atoms with Gasteiger partial charge in [0.1, 0.15) is 22.3 Å². The topological polar surface area (TPSA) is 54.5 Å². The van der Waals surface area contributed by atoms with Gasteiger partial charge in [-0.1, -0.05) is 17.7 Å². The molecule has 0 unspecified atom stereocenters. The van der Waals surface area contributed by atoms with E-state index >= 15 is 0 Å². The van der Waals surface area contributed by atoms with Gasteiger partial charge in [0.05, 0.1) is 22.2 Å². The maximum Gasteiger partial charge on any atom is 0.266 e. The molecule has 0 saturated heterocycles. The lowest BCUT2D eigenvalue weighted by Crippen LogP contribution is -2.44. The zero-order valence-corrected chi connectivity index (χ0v) is 23.6. The van der Waals surface area contributed by atoms with Gasteiger partial charge in [0.2, 0.25) is 0 Å². The number of benzene rings is 2. The van der Waals surface area contributed by atoms with Gasteiger partial charge in [-0.2, -0.15) is 0 Å². The quantitative estimate of drug-likeness (QED) is 0.252. The van der Waals surface area contributed by atoms with Gasteiger partial charge in [0, 0.05) is 36.1 Å². The number of thiophene rings is 1. The first-order chi connectivity index (χ1) is 18.8. The molecule has 0 spiro atoms. The molecule has 0 aliphatic heterocycles. The van der Waals surface area contributed by atoms with Crippen LogP contribution in [0.15, 0.2) is 48.7 Å². The first-order valence-electron chi connectivity index (χ1n) is 12.9. The van der Waals surface area contributed by atoms with Crippen LogP contribution in [0.3, 0.4) is 0 Å². The van der Waals surface area contributed by atoms with Crippen molar-refractivity contribution in [2.75, 3.05) is 14.2 Å². The molecule has 1 saturated carbocycles. The van der Waals surface area contributed by atoms with E-state index in [1.54, 1.807) is 18.2 Å². The molecule has 1 amide bonds. The monoisotopic (exact) mass is 569 g/mol. The van der Waals surface area contributed by atoms with Crippen LogP contribution in [0.2, 0.25) is 5.02 Å². The highest BCUT2D eigenvalue weighted by molar-refractivity contribution is 7.21. The number of carbonyl (C=O) groups excluding carboxylic acids is 1. The highest BCUT2D eigenvalue weighted by Gasteiger charge is 2.33. The Kier molecular flexibility index (Phi) is 8.16. The number of halogens is 3. The van der Waals surface area contributed by atoms with Crippen molar-refractivity contribution in [3.05, 3.63) is 81.5 Å². The molecule has 1 aliphatic rings. The second kappa shape index (κ2) is 11.6. The van der Waals surface area contributed by atoms with E-state index in [1.807, 2.05) is 44.3 Å². The van der Waals surface area contributed by atoms with Crippen molar-refractivity contribution in [1.82, 2.24) is 15.2 Å². The van der Waals surface area contributed by atoms with Crippen molar-refractivity contribution in [3.8, 4) is 16.9 Å². The molecule has 1 aliphatic carbocycles. The number of fused-ring (bicyclic) bond motifs is 1. The molecule has 39 heavy (non-hydrogen) atoms. The predicted octanol–water partition coefficient (Wildman–Crippen LogP) is 7.38. The van der Waals surface area contributed by atoms with Crippen molar-refractivity contribution >= 4 is 38.9 Å². The van der Waals surface area contributed by atoms with Crippen molar-refractivity contribution < 1.29 is 18.3 Å². The van der Waals surface area contributed by atoms with Crippen molar-refractivity contribution in [3.63, 3.8) is 0 Å². The van der Waals surface area contributed by atoms with Crippen molar-refractivity contribution in [1.29, 1.82) is 0 Å². The van der Waals surface area contributed by atoms with E-state index in [-0.39, 0.29) is 38.5 Å². The van der Waals surface area contributed by atoms with Crippen LogP contribution in [-0.2, 0) is 6.54 Å². The number of rotatable bonds is 7. The fourth-order valence-electron chi connectivity index (χ4n) is 5.40. The summed E-state index contributed by atoms with van der Waals surface area (Å²) >= 11 is 7.46. The van der Waals surface area contributed by atoms with Crippen LogP contribution in [0.4, 0.5) is 8.78 Å². The van der Waals surface area contributed by atoms with Gasteiger partial charge in [-0.05, 0) is 87.2 Å². The largest absolute Gasteiger partial charge is 0.496 e. The zero-order chi connectivity index (χ0) is 27.7. The Morgan fingerprint density at radius 3 is 2.49 bits per heavy atom. The zero-order valence-electron chi connectivity index (χ0n) is 22.1. The van der Waals surface area contributed by atoms with Gasteiger partial charge in [-0.3, -0.25) is 9.78 Å². The molecular formula is C30H30ClF2N3O2S. The van der Waals surface area contributed by atoms with E-state index in [0.717, 1.165) is 71.5 Å². The van der Waals surface area contributed by atoms with E-state index in [1.165, 1.54) is 0 Å². The average Bonchev–Trinajstić information content (AvgIpc) is 3.31. The number of hydrogen-bond acceptors (Lipinski definition) is 5. The van der Waals surface area contributed by atoms with Gasteiger partial charge in [-0.15, -0.1) is 11.3 Å². The molecule has 9 heteroatoms. The minimum Gasteiger partial charge on any atom is -0.496 e. The number of hydrogen-bond donors (Lipinski definition) is 1. The van der Waals surface area contributed by atoms with Crippen LogP contribution in [0.25, 0.3) is 21.2 Å². The molecule has 1 N–H and O–H groups in total. The summed E-state index contributed by atoms with van der Waals surface area (Å²) in [5.74, 6) is -0.916. The normalized spacial score (nSPS) is 17.4. The summed E-state index contributed by atoms with van der Waals surface area (Å²) in [4.78, 5) is 20.4. The van der Waals surface area contributed by atoms with Crippen LogP contribution in [-0.4, -0.2) is 42.0 Å². The smallest absolute Gasteiger partial charge is 0.266 e. The summed E-state index contributed by atoms with van der Waals surface area (Å²) in [6, 6.07) is 12.3. The van der Waals surface area contributed by atoms with Crippen LogP contribution < -0.4 is 10.1 Å². The Bertz CT molecular complexity index is 1520. The number of carbonyl (C=O) groups is 1. The molecule has 4 aromatic rings. The first-order valence-corrected chi connectivity index (χ1v) is 14.1. The van der Waals surface area contributed by atoms with E-state index in [2.05, 4.69) is 10.3 Å². The first kappa shape index (κ1) is 27.5. The Hall–Kier alpha value is -3.07. The second-order valence-electron chi connectivity index (χ2n) is 9.92. The maximum absolute atomic E-state index is 14.6. The molecule has 0 bridgehead atoms. The Morgan fingerprint density at radius 2 is 1.82 bits per heavy atom. The van der Waals surface area contributed by atoms with Crippen LogP contribution in [0, 0.1) is 18.6 Å². The summed E-state index contributed by atoms with van der Waals surface area (Å²) in [6.07, 6.45) is 5.21. The molecule has 0 atom stereocenters. The predicted molar refractivity (Wildman–Crippen MR) is 153 cm³/mol. The molecule has 2 heterocycles. The maximum atomic E-state index is 14.6. The third-order valence-electron chi connectivity index (χ3n) is 7.53. The molecule has 2 aromatic heterocycles. The van der Waals surface area contributed by atoms with Gasteiger partial charge in [0.25, 0.3) is 5.91 Å². The Balaban J connectivity index is 1.56. The molecule has 5 nitrogen and oxygen atoms in total. The van der Waals surface area contributed by atoms with Gasteiger partial charge < -0.3 is 15.0 Å². The van der Waals surface area contributed by atoms with Crippen molar-refractivity contribution in [2.24, 2.45) is 0 Å². The number of pyridine rings is 1. The average molecular weight is 570 g/mol. The number of nitrogens with zero attached hydrogens (tertiary/aromatic N) is 2. The van der Waals surface area contributed by atoms with Crippen LogP contribution >= 0.6 is 22.9 Å². The third kappa shape index (κ3) is 5.51. The summed E-state index contributed by atoms with van der Waals surface area (Å²) in [6.45, 7) is 2.21. The van der Waals surface area contributed by atoms with E-state index in [0.29, 0.717) is 11.8 Å². The number of methoxy groups -OCH3 is 1. The third-order valence-corrected chi connectivity index (χ3v) is 9.21. The summed E-state index contributed by atoms with van der Waals surface area (Å²) in [7, 11) is 3.55. The lowest BCUT2D eigenvalue weighted by molar-refractivity contribution is 0.0604. The number of ether oxygens (including phenoxy) is 1. The number of amides is 1. The summed E-state index contributed by atoms with van der Waals surface area (Å²) in [5, 5.41) is 3.24. The van der Waals surface area contributed by atoms with Crippen molar-refractivity contribution in [2.45, 2.75) is 51.2 Å². The molecule has 0 radical (unpaired) electrons. The van der Waals surface area contributed by atoms with Gasteiger partial charge >= 0.3 is 0 Å². The molecular weight excluding hydrogens is 540 g/mol. The Morgan fingerprint density at radius 1 is 1.10 bits per heavy atom. The molecule has 204 valence electrons. The van der Waals surface area contributed by atoms with Crippen LogP contribution in [0.5, 0.6) is 5.75 Å². The number of nitrogens with one attached hydrogen (secondary N) is 1. The van der Waals surface area contributed by atoms with Crippen LogP contribution in [0.1, 0.15) is 46.6 Å². The summed E-state index contributed by atoms with van der Waals surface area (Å²) < 4.78 is 34.9. The second-order valence-corrected chi connectivity index (χ2v) is 11.3. The van der Waals surface area contributed by atoms with Gasteiger partial charge in [-0.25, -0.2) is 8.78 Å². The highest BCUT2D eigenvalue weighted by atomic mass is 35.5. The number of aryl methyl sites for hydroxylation is 1. The highest BCUT2D eigenvalue weighted by Crippen LogP contribution is 2.40. The van der Waals surface area contributed by atoms with Gasteiger partial charge in [0.15, 0.2) is 0 Å². The molecule has 5 rings (SSSR count).